The van der Waals surface area contributed by atoms with Crippen molar-refractivity contribution in [2.24, 2.45) is 7.05 Å². The van der Waals surface area contributed by atoms with Crippen LogP contribution in [0.4, 0.5) is 4.39 Å². The van der Waals surface area contributed by atoms with Crippen molar-refractivity contribution >= 4 is 5.91 Å². The van der Waals surface area contributed by atoms with Crippen LogP contribution in [0.2, 0.25) is 0 Å². The van der Waals surface area contributed by atoms with Gasteiger partial charge in [-0.25, -0.2) is 4.39 Å². The van der Waals surface area contributed by atoms with Gasteiger partial charge in [0, 0.05) is 31.6 Å². The van der Waals surface area contributed by atoms with Gasteiger partial charge in [-0.15, -0.1) is 10.2 Å². The molecule has 0 radical (unpaired) electrons. The van der Waals surface area contributed by atoms with Crippen LogP contribution < -0.4 is 4.74 Å². The summed E-state index contributed by atoms with van der Waals surface area (Å²) < 4.78 is 20.6. The van der Waals surface area contributed by atoms with E-state index in [1.54, 1.807) is 17.3 Å². The molecule has 6 nitrogen and oxygen atoms in total. The Balaban J connectivity index is 1.77. The van der Waals surface area contributed by atoms with E-state index >= 15 is 0 Å². The van der Waals surface area contributed by atoms with E-state index in [4.69, 9.17) is 4.74 Å². The Morgan fingerprint density at radius 3 is 2.91 bits per heavy atom. The molecule has 1 fully saturated rings. The van der Waals surface area contributed by atoms with Crippen molar-refractivity contribution in [1.82, 2.24) is 19.7 Å². The number of hydrogen-bond acceptors (Lipinski definition) is 4. The normalized spacial score (nSPS) is 18.0. The van der Waals surface area contributed by atoms with Gasteiger partial charge in [0.25, 0.3) is 5.91 Å². The molecule has 2 aromatic rings. The summed E-state index contributed by atoms with van der Waals surface area (Å²) in [6, 6.07) is 4.30. The maximum absolute atomic E-state index is 13.8. The number of benzene rings is 1. The van der Waals surface area contributed by atoms with Crippen molar-refractivity contribution in [2.75, 3.05) is 20.2 Å². The molecule has 0 unspecified atom stereocenters. The number of methoxy groups -OCH3 is 1. The van der Waals surface area contributed by atoms with Crippen LogP contribution in [0.3, 0.4) is 0 Å². The van der Waals surface area contributed by atoms with Crippen LogP contribution in [0.5, 0.6) is 5.75 Å². The zero-order valence-electron chi connectivity index (χ0n) is 13.2. The smallest absolute Gasteiger partial charge is 0.253 e. The number of piperidine rings is 1. The van der Waals surface area contributed by atoms with E-state index in [0.29, 0.717) is 18.7 Å². The number of carbonyl (C=O) groups excluding carboxylic acids is 1. The van der Waals surface area contributed by atoms with Gasteiger partial charge < -0.3 is 14.2 Å². The Morgan fingerprint density at radius 1 is 1.43 bits per heavy atom. The number of nitrogens with zero attached hydrogens (tertiary/aromatic N) is 4. The average Bonchev–Trinajstić information content (AvgIpc) is 3.00. The third-order valence-electron chi connectivity index (χ3n) is 4.22. The molecule has 1 aromatic heterocycles. The van der Waals surface area contributed by atoms with Gasteiger partial charge in [0.2, 0.25) is 0 Å². The van der Waals surface area contributed by atoms with Gasteiger partial charge >= 0.3 is 0 Å². The molecule has 1 amide bonds. The SMILES string of the molecule is COc1ccc(C(=O)N2CCC[C@@H](c3nncn3C)C2)cc1F. The van der Waals surface area contributed by atoms with Crippen LogP contribution in [-0.2, 0) is 7.05 Å². The summed E-state index contributed by atoms with van der Waals surface area (Å²) in [5.74, 6) is 0.475. The fourth-order valence-corrected chi connectivity index (χ4v) is 3.02. The summed E-state index contributed by atoms with van der Waals surface area (Å²) in [4.78, 5) is 14.4. The van der Waals surface area contributed by atoms with Crippen molar-refractivity contribution in [3.8, 4) is 5.75 Å². The molecule has 0 bridgehead atoms. The first-order valence-corrected chi connectivity index (χ1v) is 7.57. The fraction of sp³-hybridized carbons (Fsp3) is 0.438. The van der Waals surface area contributed by atoms with Gasteiger partial charge in [-0.05, 0) is 31.0 Å². The van der Waals surface area contributed by atoms with Crippen LogP contribution in [0.15, 0.2) is 24.5 Å². The lowest BCUT2D eigenvalue weighted by atomic mass is 9.96. The number of amides is 1. The Labute approximate surface area is 133 Å². The van der Waals surface area contributed by atoms with Gasteiger partial charge in [0.15, 0.2) is 11.6 Å². The van der Waals surface area contributed by atoms with E-state index in [1.165, 1.54) is 19.2 Å². The summed E-state index contributed by atoms with van der Waals surface area (Å²) in [7, 11) is 3.30. The van der Waals surface area contributed by atoms with E-state index in [9.17, 15) is 9.18 Å². The van der Waals surface area contributed by atoms with Gasteiger partial charge in [-0.1, -0.05) is 0 Å². The minimum atomic E-state index is -0.528. The summed E-state index contributed by atoms with van der Waals surface area (Å²) in [5.41, 5.74) is 0.335. The molecule has 1 aliphatic rings. The highest BCUT2D eigenvalue weighted by Gasteiger charge is 2.28. The molecule has 2 heterocycles. The van der Waals surface area contributed by atoms with Crippen molar-refractivity contribution in [2.45, 2.75) is 18.8 Å². The predicted octanol–water partition coefficient (Wildman–Crippen LogP) is 1.98. The molecule has 1 atom stereocenters. The van der Waals surface area contributed by atoms with Crippen molar-refractivity contribution in [1.29, 1.82) is 0 Å². The summed E-state index contributed by atoms with van der Waals surface area (Å²) >= 11 is 0. The molecule has 3 rings (SSSR count). The lowest BCUT2D eigenvalue weighted by Gasteiger charge is -2.32. The molecule has 0 saturated carbocycles. The predicted molar refractivity (Wildman–Crippen MR) is 81.8 cm³/mol. The standard InChI is InChI=1S/C16H19FN4O2/c1-20-10-18-19-15(20)12-4-3-7-21(9-12)16(22)11-5-6-14(23-2)13(17)8-11/h5-6,8,10,12H,3-4,7,9H2,1-2H3/t12-/m1/s1. The average molecular weight is 318 g/mol. The first-order chi connectivity index (χ1) is 11.1. The first kappa shape index (κ1) is 15.5. The fourth-order valence-electron chi connectivity index (χ4n) is 3.02. The zero-order valence-corrected chi connectivity index (χ0v) is 13.2. The maximum atomic E-state index is 13.8. The second-order valence-corrected chi connectivity index (χ2v) is 5.74. The van der Waals surface area contributed by atoms with Crippen LogP contribution in [0, 0.1) is 5.82 Å². The Kier molecular flexibility index (Phi) is 4.27. The van der Waals surface area contributed by atoms with Crippen molar-refractivity contribution < 1.29 is 13.9 Å². The van der Waals surface area contributed by atoms with Crippen molar-refractivity contribution in [3.05, 3.63) is 41.7 Å². The van der Waals surface area contributed by atoms with Crippen LogP contribution in [0.25, 0.3) is 0 Å². The number of rotatable bonds is 3. The highest BCUT2D eigenvalue weighted by atomic mass is 19.1. The number of carbonyl (C=O) groups is 1. The molecular weight excluding hydrogens is 299 g/mol. The third kappa shape index (κ3) is 3.04. The van der Waals surface area contributed by atoms with Gasteiger partial charge in [-0.3, -0.25) is 4.79 Å². The van der Waals surface area contributed by atoms with Crippen LogP contribution in [0.1, 0.15) is 34.9 Å². The molecular formula is C16H19FN4O2. The van der Waals surface area contributed by atoms with E-state index in [-0.39, 0.29) is 17.6 Å². The largest absolute Gasteiger partial charge is 0.494 e. The van der Waals surface area contributed by atoms with Gasteiger partial charge in [0.1, 0.15) is 12.2 Å². The number of ether oxygens (including phenoxy) is 1. The lowest BCUT2D eigenvalue weighted by Crippen LogP contribution is -2.39. The highest BCUT2D eigenvalue weighted by Crippen LogP contribution is 2.27. The topological polar surface area (TPSA) is 60.2 Å². The monoisotopic (exact) mass is 318 g/mol. The van der Waals surface area contributed by atoms with E-state index in [0.717, 1.165) is 18.7 Å². The molecule has 0 N–H and O–H groups in total. The summed E-state index contributed by atoms with van der Waals surface area (Å²) in [6.45, 7) is 1.24. The molecule has 7 heteroatoms. The lowest BCUT2D eigenvalue weighted by molar-refractivity contribution is 0.0703. The summed E-state index contributed by atoms with van der Waals surface area (Å²) in [6.07, 6.45) is 3.52. The molecule has 1 aromatic carbocycles. The Hall–Kier alpha value is -2.44. The molecule has 122 valence electrons. The number of likely N-dealkylation sites (tertiary alicyclic amines) is 1. The minimum Gasteiger partial charge on any atom is -0.494 e. The second-order valence-electron chi connectivity index (χ2n) is 5.74. The number of halogens is 1. The van der Waals surface area contributed by atoms with Gasteiger partial charge in [0.05, 0.1) is 7.11 Å². The molecule has 0 aliphatic carbocycles. The van der Waals surface area contributed by atoms with Gasteiger partial charge in [-0.2, -0.15) is 0 Å². The van der Waals surface area contributed by atoms with E-state index < -0.39 is 5.82 Å². The van der Waals surface area contributed by atoms with Crippen molar-refractivity contribution in [3.63, 3.8) is 0 Å². The van der Waals surface area contributed by atoms with E-state index in [1.807, 2.05) is 11.6 Å². The van der Waals surface area contributed by atoms with Crippen LogP contribution >= 0.6 is 0 Å². The maximum Gasteiger partial charge on any atom is 0.253 e. The molecule has 1 saturated heterocycles. The quantitative estimate of drug-likeness (QED) is 0.868. The third-order valence-corrected chi connectivity index (χ3v) is 4.22. The number of aryl methyl sites for hydroxylation is 1. The Bertz CT molecular complexity index is 716. The number of hydrogen-bond donors (Lipinski definition) is 0. The molecule has 0 spiro atoms. The molecule has 23 heavy (non-hydrogen) atoms. The minimum absolute atomic E-state index is 0.136. The summed E-state index contributed by atoms with van der Waals surface area (Å²) in [5, 5.41) is 8.04. The second kappa shape index (κ2) is 6.36. The van der Waals surface area contributed by atoms with Crippen LogP contribution in [-0.4, -0.2) is 45.8 Å². The number of aromatic nitrogens is 3. The zero-order chi connectivity index (χ0) is 16.4. The first-order valence-electron chi connectivity index (χ1n) is 7.57. The highest BCUT2D eigenvalue weighted by molar-refractivity contribution is 5.94. The Morgan fingerprint density at radius 2 is 2.26 bits per heavy atom. The van der Waals surface area contributed by atoms with E-state index in [2.05, 4.69) is 10.2 Å². The molecule has 1 aliphatic heterocycles.